The molecule has 0 aliphatic carbocycles. The van der Waals surface area contributed by atoms with Gasteiger partial charge in [0.15, 0.2) is 23.0 Å². The lowest BCUT2D eigenvalue weighted by Crippen LogP contribution is -2.44. The van der Waals surface area contributed by atoms with Crippen molar-refractivity contribution in [3.05, 3.63) is 54.1 Å². The maximum Gasteiger partial charge on any atom is 0.231 e. The van der Waals surface area contributed by atoms with E-state index in [2.05, 4.69) is 6.58 Å². The van der Waals surface area contributed by atoms with Crippen LogP contribution < -0.4 is 23.7 Å². The molecule has 0 radical (unpaired) electrons. The summed E-state index contributed by atoms with van der Waals surface area (Å²) in [6.07, 6.45) is 1.71. The van der Waals surface area contributed by atoms with Crippen LogP contribution in [0.15, 0.2) is 43.0 Å². The van der Waals surface area contributed by atoms with Crippen molar-refractivity contribution >= 4 is 5.91 Å². The lowest BCUT2D eigenvalue weighted by atomic mass is 9.79. The van der Waals surface area contributed by atoms with Crippen LogP contribution in [0.2, 0.25) is 0 Å². The van der Waals surface area contributed by atoms with Crippen LogP contribution in [-0.2, 0) is 9.53 Å². The van der Waals surface area contributed by atoms with E-state index < -0.39 is 11.8 Å². The minimum absolute atomic E-state index is 0.0234. The first-order chi connectivity index (χ1) is 18.2. The third-order valence-electron chi connectivity index (χ3n) is 6.35. The van der Waals surface area contributed by atoms with E-state index in [4.69, 9.17) is 28.4 Å². The molecular weight excluding hydrogens is 486 g/mol. The minimum atomic E-state index is -0.608. The van der Waals surface area contributed by atoms with E-state index in [9.17, 15) is 4.79 Å². The molecule has 1 amide bonds. The van der Waals surface area contributed by atoms with Gasteiger partial charge in [-0.1, -0.05) is 12.1 Å². The van der Waals surface area contributed by atoms with Gasteiger partial charge in [0.1, 0.15) is 5.75 Å². The maximum atomic E-state index is 14.2. The molecule has 38 heavy (non-hydrogen) atoms. The number of ether oxygens (including phenoxy) is 6. The molecule has 8 heteroatoms. The number of benzene rings is 2. The van der Waals surface area contributed by atoms with Crippen molar-refractivity contribution < 1.29 is 33.2 Å². The van der Waals surface area contributed by atoms with Gasteiger partial charge in [0.2, 0.25) is 5.91 Å². The molecule has 0 aromatic heterocycles. The normalized spacial score (nSPS) is 15.1. The zero-order valence-corrected chi connectivity index (χ0v) is 23.6. The summed E-state index contributed by atoms with van der Waals surface area (Å²) in [6, 6.07) is 9.32. The molecule has 8 nitrogen and oxygen atoms in total. The molecule has 0 N–H and O–H groups in total. The molecule has 0 saturated carbocycles. The van der Waals surface area contributed by atoms with E-state index in [1.54, 1.807) is 33.5 Å². The van der Waals surface area contributed by atoms with Crippen molar-refractivity contribution in [2.75, 3.05) is 47.6 Å². The van der Waals surface area contributed by atoms with Crippen LogP contribution in [0.5, 0.6) is 28.7 Å². The Bertz CT molecular complexity index is 1090. The van der Waals surface area contributed by atoms with Crippen LogP contribution in [0.1, 0.15) is 50.7 Å². The average molecular weight is 528 g/mol. The second kappa shape index (κ2) is 13.4. The molecule has 2 aromatic rings. The van der Waals surface area contributed by atoms with Crippen molar-refractivity contribution in [3.8, 4) is 28.7 Å². The summed E-state index contributed by atoms with van der Waals surface area (Å²) in [7, 11) is 4.79. The number of rotatable bonds is 12. The Kier molecular flexibility index (Phi) is 10.3. The largest absolute Gasteiger partial charge is 0.496 e. The summed E-state index contributed by atoms with van der Waals surface area (Å²) in [5.74, 6) is 1.81. The fraction of sp³-hybridized carbons (Fsp3) is 0.500. The first kappa shape index (κ1) is 29.2. The Morgan fingerprint density at radius 1 is 0.842 bits per heavy atom. The smallest absolute Gasteiger partial charge is 0.231 e. The zero-order chi connectivity index (χ0) is 27.8. The van der Waals surface area contributed by atoms with E-state index in [1.807, 2.05) is 56.9 Å². The third kappa shape index (κ3) is 6.72. The number of hydrogen-bond acceptors (Lipinski definition) is 7. The Labute approximate surface area is 226 Å². The van der Waals surface area contributed by atoms with Gasteiger partial charge < -0.3 is 33.3 Å². The first-order valence-electron chi connectivity index (χ1n) is 13.0. The van der Waals surface area contributed by atoms with Crippen molar-refractivity contribution in [2.24, 2.45) is 0 Å². The van der Waals surface area contributed by atoms with Gasteiger partial charge in [-0.3, -0.25) is 4.79 Å². The van der Waals surface area contributed by atoms with Crippen molar-refractivity contribution in [3.63, 3.8) is 0 Å². The van der Waals surface area contributed by atoms with E-state index in [0.29, 0.717) is 55.1 Å². The number of morpholine rings is 1. The number of methoxy groups -OCH3 is 3. The zero-order valence-electron chi connectivity index (χ0n) is 23.6. The Balaban J connectivity index is 2.17. The molecule has 2 atom stereocenters. The van der Waals surface area contributed by atoms with Gasteiger partial charge in [-0.15, -0.1) is 6.58 Å². The number of allylic oxidation sites excluding steroid dienone is 1. The lowest BCUT2D eigenvalue weighted by molar-refractivity contribution is -0.137. The summed E-state index contributed by atoms with van der Waals surface area (Å²) >= 11 is 0. The van der Waals surface area contributed by atoms with Crippen LogP contribution in [-0.4, -0.2) is 70.6 Å². The second-order valence-corrected chi connectivity index (χ2v) is 9.67. The number of carbonyl (C=O) groups excluding carboxylic acids is 1. The predicted molar refractivity (Wildman–Crippen MR) is 147 cm³/mol. The number of nitrogens with zero attached hydrogens (tertiary/aromatic N) is 1. The fourth-order valence-corrected chi connectivity index (χ4v) is 4.66. The van der Waals surface area contributed by atoms with E-state index in [-0.39, 0.29) is 18.1 Å². The highest BCUT2D eigenvalue weighted by molar-refractivity contribution is 5.86. The Hall–Kier alpha value is -3.39. The SMILES string of the molecule is C=C[C@H](c1cc(OC)c(OC(C)C)cc1OC)[C@H](C(=O)N1CCOCC1)c1ccc(OC(C)C)c(OC)c1. The molecule has 1 fully saturated rings. The van der Waals surface area contributed by atoms with Crippen LogP contribution in [0, 0.1) is 0 Å². The van der Waals surface area contributed by atoms with Crippen LogP contribution >= 0.6 is 0 Å². The van der Waals surface area contributed by atoms with Crippen molar-refractivity contribution in [1.82, 2.24) is 4.90 Å². The molecule has 0 bridgehead atoms. The van der Waals surface area contributed by atoms with E-state index >= 15 is 0 Å². The van der Waals surface area contributed by atoms with Gasteiger partial charge in [0.05, 0.1) is 52.7 Å². The van der Waals surface area contributed by atoms with Crippen molar-refractivity contribution in [2.45, 2.75) is 51.7 Å². The molecule has 1 saturated heterocycles. The summed E-state index contributed by atoms with van der Waals surface area (Å²) in [5, 5.41) is 0. The molecule has 208 valence electrons. The van der Waals surface area contributed by atoms with Gasteiger partial charge in [0.25, 0.3) is 0 Å². The van der Waals surface area contributed by atoms with E-state index in [0.717, 1.165) is 11.1 Å². The minimum Gasteiger partial charge on any atom is -0.496 e. The lowest BCUT2D eigenvalue weighted by Gasteiger charge is -2.34. The van der Waals surface area contributed by atoms with Crippen LogP contribution in [0.3, 0.4) is 0 Å². The summed E-state index contributed by atoms with van der Waals surface area (Å²) < 4.78 is 34.5. The number of carbonyl (C=O) groups is 1. The standard InChI is InChI=1S/C30H41NO7/c1-9-22(23-17-27(35-8)28(38-20(4)5)18-25(23)33-6)29(30(32)31-12-14-36-15-13-31)21-10-11-24(37-19(2)3)26(16-21)34-7/h9-11,16-20,22,29H,1,12-15H2,2-8H3/t22-,29-/m1/s1. The highest BCUT2D eigenvalue weighted by atomic mass is 16.5. The topological polar surface area (TPSA) is 75.7 Å². The van der Waals surface area contributed by atoms with Gasteiger partial charge in [-0.2, -0.15) is 0 Å². The Morgan fingerprint density at radius 3 is 1.97 bits per heavy atom. The molecule has 2 aromatic carbocycles. The fourth-order valence-electron chi connectivity index (χ4n) is 4.66. The van der Waals surface area contributed by atoms with Crippen LogP contribution in [0.25, 0.3) is 0 Å². The predicted octanol–water partition coefficient (Wildman–Crippen LogP) is 5.20. The van der Waals surface area contributed by atoms with Gasteiger partial charge >= 0.3 is 0 Å². The molecule has 0 unspecified atom stereocenters. The first-order valence-corrected chi connectivity index (χ1v) is 13.0. The highest BCUT2D eigenvalue weighted by Crippen LogP contribution is 2.46. The highest BCUT2D eigenvalue weighted by Gasteiger charge is 2.36. The Morgan fingerprint density at radius 2 is 1.42 bits per heavy atom. The second-order valence-electron chi connectivity index (χ2n) is 9.67. The number of hydrogen-bond donors (Lipinski definition) is 0. The quantitative estimate of drug-likeness (QED) is 0.351. The maximum absolute atomic E-state index is 14.2. The molecular formula is C30H41NO7. The molecule has 1 heterocycles. The van der Waals surface area contributed by atoms with Gasteiger partial charge in [-0.25, -0.2) is 0 Å². The van der Waals surface area contributed by atoms with Gasteiger partial charge in [-0.05, 0) is 51.5 Å². The summed E-state index contributed by atoms with van der Waals surface area (Å²) in [4.78, 5) is 16.0. The third-order valence-corrected chi connectivity index (χ3v) is 6.35. The molecule has 3 rings (SSSR count). The summed E-state index contributed by atoms with van der Waals surface area (Å²) in [5.41, 5.74) is 1.55. The van der Waals surface area contributed by atoms with Crippen molar-refractivity contribution in [1.29, 1.82) is 0 Å². The molecule has 1 aliphatic rings. The average Bonchev–Trinajstić information content (AvgIpc) is 2.91. The van der Waals surface area contributed by atoms with Crippen LogP contribution in [0.4, 0.5) is 0 Å². The monoisotopic (exact) mass is 527 g/mol. The van der Waals surface area contributed by atoms with E-state index in [1.165, 1.54) is 0 Å². The number of amides is 1. The summed E-state index contributed by atoms with van der Waals surface area (Å²) in [6.45, 7) is 14.0. The van der Waals surface area contributed by atoms with Gasteiger partial charge in [0, 0.05) is 30.6 Å². The molecule has 1 aliphatic heterocycles. The molecule has 0 spiro atoms.